The Hall–Kier alpha value is -0.570. The van der Waals surface area contributed by atoms with Crippen LogP contribution >= 0.6 is 0 Å². The minimum absolute atomic E-state index is 0.227. The van der Waals surface area contributed by atoms with Gasteiger partial charge < -0.3 is 10.0 Å². The molecule has 0 bridgehead atoms. The molecule has 0 radical (unpaired) electrons. The number of carboxylic acids is 1. The molecule has 0 aromatic heterocycles. The number of likely N-dealkylation sites (tertiary alicyclic amines) is 1. The Kier molecular flexibility index (Phi) is 3.09. The molecule has 0 aromatic carbocycles. The minimum atomic E-state index is -0.686. The molecule has 0 aromatic rings. The Morgan fingerprint density at radius 1 is 1.75 bits per heavy atom. The van der Waals surface area contributed by atoms with Crippen molar-refractivity contribution in [2.75, 3.05) is 19.6 Å². The van der Waals surface area contributed by atoms with E-state index in [4.69, 9.17) is 5.11 Å². The first-order valence-corrected chi connectivity index (χ1v) is 4.54. The first-order valence-electron chi connectivity index (χ1n) is 4.54. The lowest BCUT2D eigenvalue weighted by Gasteiger charge is -2.17. The first kappa shape index (κ1) is 9.52. The highest BCUT2D eigenvalue weighted by molar-refractivity contribution is 5.69. The van der Waals surface area contributed by atoms with Crippen LogP contribution in [0.3, 0.4) is 0 Å². The summed E-state index contributed by atoms with van der Waals surface area (Å²) in [4.78, 5) is 12.8. The van der Waals surface area contributed by atoms with Crippen LogP contribution in [0.15, 0.2) is 0 Å². The van der Waals surface area contributed by atoms with Gasteiger partial charge in [-0.05, 0) is 18.9 Å². The summed E-state index contributed by atoms with van der Waals surface area (Å²) in [7, 11) is 0. The van der Waals surface area contributed by atoms with Gasteiger partial charge >= 0.3 is 5.97 Å². The van der Waals surface area contributed by atoms with Crippen molar-refractivity contribution in [1.82, 2.24) is 4.90 Å². The van der Waals surface area contributed by atoms with Crippen molar-refractivity contribution >= 4 is 5.97 Å². The van der Waals surface area contributed by atoms with Gasteiger partial charge in [0.2, 0.25) is 0 Å². The summed E-state index contributed by atoms with van der Waals surface area (Å²) in [5.74, 6) is -0.171. The first-order chi connectivity index (χ1) is 5.59. The summed E-state index contributed by atoms with van der Waals surface area (Å²) in [6.07, 6.45) is 1.21. The predicted octanol–water partition coefficient (Wildman–Crippen LogP) is 1.05. The molecule has 1 rings (SSSR count). The second kappa shape index (κ2) is 3.90. The average Bonchev–Trinajstić information content (AvgIpc) is 2.35. The number of carbonyl (C=O) groups is 1. The molecule has 3 nitrogen and oxygen atoms in total. The summed E-state index contributed by atoms with van der Waals surface area (Å²) >= 11 is 0. The van der Waals surface area contributed by atoms with E-state index < -0.39 is 5.97 Å². The lowest BCUT2D eigenvalue weighted by molar-refractivity contribution is -0.141. The fourth-order valence-corrected chi connectivity index (χ4v) is 1.66. The second-order valence-electron chi connectivity index (χ2n) is 3.89. The molecule has 0 aliphatic carbocycles. The third-order valence-corrected chi connectivity index (χ3v) is 2.46. The molecule has 2 atom stereocenters. The monoisotopic (exact) mass is 171 g/mol. The highest BCUT2D eigenvalue weighted by Crippen LogP contribution is 2.16. The highest BCUT2D eigenvalue weighted by atomic mass is 16.4. The van der Waals surface area contributed by atoms with E-state index in [1.165, 1.54) is 6.42 Å². The van der Waals surface area contributed by atoms with Crippen LogP contribution in [0.5, 0.6) is 0 Å². The van der Waals surface area contributed by atoms with Gasteiger partial charge in [-0.1, -0.05) is 13.8 Å². The Bertz CT molecular complexity index is 170. The zero-order valence-corrected chi connectivity index (χ0v) is 7.79. The molecular weight excluding hydrogens is 154 g/mol. The van der Waals surface area contributed by atoms with Crippen LogP contribution in [0.25, 0.3) is 0 Å². The SMILES string of the molecule is CC1CCN(CC(C)C(=O)O)C1. The molecular formula is C9H17NO2. The third kappa shape index (κ3) is 2.48. The van der Waals surface area contributed by atoms with E-state index in [1.54, 1.807) is 6.92 Å². The molecule has 70 valence electrons. The minimum Gasteiger partial charge on any atom is -0.481 e. The Morgan fingerprint density at radius 3 is 2.83 bits per heavy atom. The molecule has 1 aliphatic heterocycles. The summed E-state index contributed by atoms with van der Waals surface area (Å²) in [6, 6.07) is 0. The van der Waals surface area contributed by atoms with Crippen LogP contribution in [0, 0.1) is 11.8 Å². The van der Waals surface area contributed by atoms with Gasteiger partial charge in [-0.2, -0.15) is 0 Å². The van der Waals surface area contributed by atoms with Gasteiger partial charge in [0.25, 0.3) is 0 Å². The van der Waals surface area contributed by atoms with Crippen molar-refractivity contribution in [2.24, 2.45) is 11.8 Å². The molecule has 1 aliphatic rings. The van der Waals surface area contributed by atoms with Crippen molar-refractivity contribution in [1.29, 1.82) is 0 Å². The van der Waals surface area contributed by atoms with Crippen molar-refractivity contribution in [3.8, 4) is 0 Å². The lowest BCUT2D eigenvalue weighted by Crippen LogP contribution is -2.29. The summed E-state index contributed by atoms with van der Waals surface area (Å²) < 4.78 is 0. The fraction of sp³-hybridized carbons (Fsp3) is 0.889. The molecule has 1 heterocycles. The number of hydrogen-bond donors (Lipinski definition) is 1. The molecule has 3 heteroatoms. The fourth-order valence-electron chi connectivity index (χ4n) is 1.66. The largest absolute Gasteiger partial charge is 0.481 e. The zero-order chi connectivity index (χ0) is 9.14. The van der Waals surface area contributed by atoms with Gasteiger partial charge in [-0.15, -0.1) is 0 Å². The van der Waals surface area contributed by atoms with Crippen molar-refractivity contribution < 1.29 is 9.90 Å². The second-order valence-corrected chi connectivity index (χ2v) is 3.89. The van der Waals surface area contributed by atoms with E-state index in [2.05, 4.69) is 11.8 Å². The van der Waals surface area contributed by atoms with E-state index in [-0.39, 0.29) is 5.92 Å². The van der Waals surface area contributed by atoms with Gasteiger partial charge in [-0.25, -0.2) is 0 Å². The lowest BCUT2D eigenvalue weighted by atomic mass is 10.1. The van der Waals surface area contributed by atoms with E-state index in [0.29, 0.717) is 6.54 Å². The van der Waals surface area contributed by atoms with Crippen LogP contribution in [-0.2, 0) is 4.79 Å². The van der Waals surface area contributed by atoms with Gasteiger partial charge in [-0.3, -0.25) is 4.79 Å². The number of hydrogen-bond acceptors (Lipinski definition) is 2. The average molecular weight is 171 g/mol. The number of carboxylic acid groups (broad SMARTS) is 1. The maximum absolute atomic E-state index is 10.5. The summed E-state index contributed by atoms with van der Waals surface area (Å²) in [5, 5.41) is 8.68. The maximum atomic E-state index is 10.5. The van der Waals surface area contributed by atoms with Crippen molar-refractivity contribution in [3.63, 3.8) is 0 Å². The summed E-state index contributed by atoms with van der Waals surface area (Å²) in [5.41, 5.74) is 0. The molecule has 0 saturated carbocycles. The molecule has 2 unspecified atom stereocenters. The molecule has 0 amide bonds. The number of nitrogens with zero attached hydrogens (tertiary/aromatic N) is 1. The van der Waals surface area contributed by atoms with E-state index in [9.17, 15) is 4.79 Å². The van der Waals surface area contributed by atoms with Crippen LogP contribution in [-0.4, -0.2) is 35.6 Å². The molecule has 1 fully saturated rings. The molecule has 12 heavy (non-hydrogen) atoms. The highest BCUT2D eigenvalue weighted by Gasteiger charge is 2.22. The quantitative estimate of drug-likeness (QED) is 0.690. The third-order valence-electron chi connectivity index (χ3n) is 2.46. The summed E-state index contributed by atoms with van der Waals surface area (Å²) in [6.45, 7) is 6.83. The van der Waals surface area contributed by atoms with Gasteiger partial charge in [0.1, 0.15) is 0 Å². The van der Waals surface area contributed by atoms with Crippen LogP contribution in [0.2, 0.25) is 0 Å². The van der Waals surface area contributed by atoms with Crippen LogP contribution < -0.4 is 0 Å². The Morgan fingerprint density at radius 2 is 2.42 bits per heavy atom. The van der Waals surface area contributed by atoms with E-state index in [1.807, 2.05) is 0 Å². The van der Waals surface area contributed by atoms with Gasteiger partial charge in [0.15, 0.2) is 0 Å². The smallest absolute Gasteiger partial charge is 0.307 e. The van der Waals surface area contributed by atoms with Crippen molar-refractivity contribution in [3.05, 3.63) is 0 Å². The standard InChI is InChI=1S/C9H17NO2/c1-7-3-4-10(5-7)6-8(2)9(11)12/h7-8H,3-6H2,1-2H3,(H,11,12). The van der Waals surface area contributed by atoms with Gasteiger partial charge in [0, 0.05) is 13.1 Å². The molecule has 1 saturated heterocycles. The topological polar surface area (TPSA) is 40.5 Å². The predicted molar refractivity (Wildman–Crippen MR) is 47.0 cm³/mol. The zero-order valence-electron chi connectivity index (χ0n) is 7.79. The van der Waals surface area contributed by atoms with Gasteiger partial charge in [0.05, 0.1) is 5.92 Å². The van der Waals surface area contributed by atoms with E-state index >= 15 is 0 Å². The molecule has 1 N–H and O–H groups in total. The van der Waals surface area contributed by atoms with Crippen LogP contribution in [0.4, 0.5) is 0 Å². The molecule has 0 spiro atoms. The normalized spacial score (nSPS) is 27.3. The van der Waals surface area contributed by atoms with E-state index in [0.717, 1.165) is 19.0 Å². The Balaban J connectivity index is 2.27. The number of aliphatic carboxylic acids is 1. The number of rotatable bonds is 3. The Labute approximate surface area is 73.4 Å². The maximum Gasteiger partial charge on any atom is 0.307 e. The van der Waals surface area contributed by atoms with Crippen molar-refractivity contribution in [2.45, 2.75) is 20.3 Å². The van der Waals surface area contributed by atoms with Crippen LogP contribution in [0.1, 0.15) is 20.3 Å².